The Morgan fingerprint density at radius 1 is 1.11 bits per heavy atom. The van der Waals surface area contributed by atoms with Crippen molar-refractivity contribution >= 4 is 35.7 Å². The van der Waals surface area contributed by atoms with Gasteiger partial charge in [-0.3, -0.25) is 4.98 Å². The molecule has 1 fully saturated rings. The number of hydrogen-bond donors (Lipinski definition) is 1. The predicted molar refractivity (Wildman–Crippen MR) is 85.5 cm³/mol. The van der Waals surface area contributed by atoms with Crippen molar-refractivity contribution in [1.29, 1.82) is 0 Å². The first-order valence-electron chi connectivity index (χ1n) is 6.46. The second-order valence-corrected chi connectivity index (χ2v) is 4.93. The fraction of sp³-hybridized carbons (Fsp3) is 0.400. The normalized spacial score (nSPS) is 15.6. The molecule has 1 aromatic carbocycles. The number of nitrogens with zero attached hydrogens (tertiary/aromatic N) is 1. The number of nitrogens with one attached hydrogen (secondary N) is 1. The number of halogens is 2. The zero-order chi connectivity index (χ0) is 11.5. The van der Waals surface area contributed by atoms with Gasteiger partial charge in [0.05, 0.1) is 5.52 Å². The third-order valence-corrected chi connectivity index (χ3v) is 3.63. The van der Waals surface area contributed by atoms with E-state index < -0.39 is 0 Å². The number of benzene rings is 1. The summed E-state index contributed by atoms with van der Waals surface area (Å²) in [4.78, 5) is 4.53. The van der Waals surface area contributed by atoms with E-state index in [0.29, 0.717) is 0 Å². The molecule has 1 N–H and O–H groups in total. The molecule has 0 amide bonds. The van der Waals surface area contributed by atoms with Crippen molar-refractivity contribution in [2.75, 3.05) is 13.1 Å². The highest BCUT2D eigenvalue weighted by Crippen LogP contribution is 2.20. The van der Waals surface area contributed by atoms with Crippen molar-refractivity contribution < 1.29 is 0 Å². The zero-order valence-corrected chi connectivity index (χ0v) is 12.5. The topological polar surface area (TPSA) is 24.9 Å². The van der Waals surface area contributed by atoms with Gasteiger partial charge in [0.1, 0.15) is 0 Å². The molecule has 2 aromatic rings. The molecule has 0 spiro atoms. The van der Waals surface area contributed by atoms with Crippen LogP contribution in [0.1, 0.15) is 18.4 Å². The van der Waals surface area contributed by atoms with Gasteiger partial charge in [-0.2, -0.15) is 0 Å². The minimum atomic E-state index is 0. The third-order valence-electron chi connectivity index (χ3n) is 3.63. The van der Waals surface area contributed by atoms with E-state index in [1.165, 1.54) is 43.3 Å². The molecule has 0 unspecified atom stereocenters. The predicted octanol–water partition coefficient (Wildman–Crippen LogP) is 3.62. The van der Waals surface area contributed by atoms with Crippen LogP contribution >= 0.6 is 24.8 Å². The minimum Gasteiger partial charge on any atom is -0.317 e. The molecule has 2 heterocycles. The summed E-state index contributed by atoms with van der Waals surface area (Å²) in [6.45, 7) is 2.34. The summed E-state index contributed by atoms with van der Waals surface area (Å²) in [6, 6.07) is 10.6. The van der Waals surface area contributed by atoms with Gasteiger partial charge in [0.2, 0.25) is 0 Å². The number of pyridine rings is 1. The van der Waals surface area contributed by atoms with Gasteiger partial charge in [-0.15, -0.1) is 24.8 Å². The van der Waals surface area contributed by atoms with Crippen LogP contribution < -0.4 is 5.32 Å². The molecule has 0 bridgehead atoms. The number of fused-ring (bicyclic) bond motifs is 1. The van der Waals surface area contributed by atoms with Gasteiger partial charge in [-0.25, -0.2) is 0 Å². The summed E-state index contributed by atoms with van der Waals surface area (Å²) < 4.78 is 0. The van der Waals surface area contributed by atoms with E-state index in [2.05, 4.69) is 34.6 Å². The highest BCUT2D eigenvalue weighted by molar-refractivity contribution is 5.85. The molecule has 1 aliphatic rings. The van der Waals surface area contributed by atoms with Crippen LogP contribution in [0, 0.1) is 5.92 Å². The molecule has 19 heavy (non-hydrogen) atoms. The lowest BCUT2D eigenvalue weighted by Gasteiger charge is -2.22. The summed E-state index contributed by atoms with van der Waals surface area (Å²) in [7, 11) is 0. The average molecular weight is 299 g/mol. The first kappa shape index (κ1) is 16.2. The van der Waals surface area contributed by atoms with E-state index in [-0.39, 0.29) is 24.8 Å². The maximum absolute atomic E-state index is 4.53. The summed E-state index contributed by atoms with van der Waals surface area (Å²) in [5.41, 5.74) is 2.48. The van der Waals surface area contributed by atoms with Crippen LogP contribution in [-0.2, 0) is 6.42 Å². The Hall–Kier alpha value is -0.830. The molecule has 0 radical (unpaired) electrons. The molecule has 104 valence electrons. The number of piperidine rings is 1. The van der Waals surface area contributed by atoms with Crippen molar-refractivity contribution in [1.82, 2.24) is 10.3 Å². The molecule has 1 aromatic heterocycles. The lowest BCUT2D eigenvalue weighted by atomic mass is 9.91. The molecule has 0 aliphatic carbocycles. The number of hydrogen-bond acceptors (Lipinski definition) is 2. The van der Waals surface area contributed by atoms with Gasteiger partial charge in [0.15, 0.2) is 0 Å². The Bertz CT molecular complexity index is 510. The maximum atomic E-state index is 4.53. The van der Waals surface area contributed by atoms with Gasteiger partial charge in [-0.1, -0.05) is 18.2 Å². The standard InChI is InChI=1S/C15H18N2.2ClH/c1-2-4-15-14(3-1)10-13(11-17-15)9-12-5-7-16-8-6-12;;/h1-4,10-12,16H,5-9H2;2*1H. The highest BCUT2D eigenvalue weighted by atomic mass is 35.5. The van der Waals surface area contributed by atoms with Gasteiger partial charge in [-0.05, 0) is 56.0 Å². The Labute approximate surface area is 126 Å². The van der Waals surface area contributed by atoms with Crippen molar-refractivity contribution in [3.63, 3.8) is 0 Å². The fourth-order valence-electron chi connectivity index (χ4n) is 2.65. The van der Waals surface area contributed by atoms with Crippen molar-refractivity contribution in [2.24, 2.45) is 5.92 Å². The van der Waals surface area contributed by atoms with Gasteiger partial charge in [0.25, 0.3) is 0 Å². The van der Waals surface area contributed by atoms with Crippen LogP contribution in [-0.4, -0.2) is 18.1 Å². The molecular formula is C15H20Cl2N2. The van der Waals surface area contributed by atoms with E-state index in [1.807, 2.05) is 12.3 Å². The lowest BCUT2D eigenvalue weighted by Crippen LogP contribution is -2.28. The smallest absolute Gasteiger partial charge is 0.0702 e. The quantitative estimate of drug-likeness (QED) is 0.916. The van der Waals surface area contributed by atoms with E-state index in [4.69, 9.17) is 0 Å². The molecule has 1 saturated heterocycles. The second kappa shape index (κ2) is 7.68. The van der Waals surface area contributed by atoms with Gasteiger partial charge in [0, 0.05) is 11.6 Å². The monoisotopic (exact) mass is 298 g/mol. The Kier molecular flexibility index (Phi) is 6.56. The van der Waals surface area contributed by atoms with Crippen LogP contribution in [0.15, 0.2) is 36.5 Å². The molecule has 0 atom stereocenters. The average Bonchev–Trinajstić information content (AvgIpc) is 2.40. The Morgan fingerprint density at radius 3 is 2.63 bits per heavy atom. The van der Waals surface area contributed by atoms with Crippen LogP contribution in [0.5, 0.6) is 0 Å². The summed E-state index contributed by atoms with van der Waals surface area (Å²) in [5.74, 6) is 0.833. The second-order valence-electron chi connectivity index (χ2n) is 4.93. The van der Waals surface area contributed by atoms with Crippen LogP contribution in [0.4, 0.5) is 0 Å². The summed E-state index contributed by atoms with van der Waals surface area (Å²) in [5, 5.41) is 4.68. The van der Waals surface area contributed by atoms with E-state index >= 15 is 0 Å². The van der Waals surface area contributed by atoms with Crippen LogP contribution in [0.3, 0.4) is 0 Å². The van der Waals surface area contributed by atoms with E-state index in [0.717, 1.165) is 11.4 Å². The minimum absolute atomic E-state index is 0. The number of para-hydroxylation sites is 1. The molecule has 0 saturated carbocycles. The molecular weight excluding hydrogens is 279 g/mol. The van der Waals surface area contributed by atoms with Crippen LogP contribution in [0.25, 0.3) is 10.9 Å². The third kappa shape index (κ3) is 4.07. The Morgan fingerprint density at radius 2 is 1.84 bits per heavy atom. The van der Waals surface area contributed by atoms with Crippen molar-refractivity contribution in [2.45, 2.75) is 19.3 Å². The molecule has 1 aliphatic heterocycles. The summed E-state index contributed by atoms with van der Waals surface area (Å²) >= 11 is 0. The van der Waals surface area contributed by atoms with Crippen molar-refractivity contribution in [3.8, 4) is 0 Å². The van der Waals surface area contributed by atoms with Crippen molar-refractivity contribution in [3.05, 3.63) is 42.1 Å². The lowest BCUT2D eigenvalue weighted by molar-refractivity contribution is 0.372. The highest BCUT2D eigenvalue weighted by Gasteiger charge is 2.13. The number of aromatic nitrogens is 1. The summed E-state index contributed by atoms with van der Waals surface area (Å²) in [6.07, 6.45) is 5.82. The maximum Gasteiger partial charge on any atom is 0.0702 e. The van der Waals surface area contributed by atoms with Crippen LogP contribution in [0.2, 0.25) is 0 Å². The van der Waals surface area contributed by atoms with E-state index in [9.17, 15) is 0 Å². The largest absolute Gasteiger partial charge is 0.317 e. The van der Waals surface area contributed by atoms with E-state index in [1.54, 1.807) is 0 Å². The first-order valence-corrected chi connectivity index (χ1v) is 6.46. The first-order chi connectivity index (χ1) is 8.42. The molecule has 2 nitrogen and oxygen atoms in total. The Balaban J connectivity index is 0.000000902. The number of rotatable bonds is 2. The van der Waals surface area contributed by atoms with Gasteiger partial charge < -0.3 is 5.32 Å². The molecule has 3 rings (SSSR count). The molecule has 4 heteroatoms. The van der Waals surface area contributed by atoms with Gasteiger partial charge >= 0.3 is 0 Å². The zero-order valence-electron chi connectivity index (χ0n) is 10.8. The SMILES string of the molecule is Cl.Cl.c1ccc2ncc(CC3CCNCC3)cc2c1. The fourth-order valence-corrected chi connectivity index (χ4v) is 2.65.